The van der Waals surface area contributed by atoms with E-state index in [9.17, 15) is 5.11 Å². The summed E-state index contributed by atoms with van der Waals surface area (Å²) in [7, 11) is 0. The van der Waals surface area contributed by atoms with Crippen LogP contribution >= 0.6 is 23.1 Å². The van der Waals surface area contributed by atoms with Crippen molar-refractivity contribution in [1.29, 1.82) is 0 Å². The zero-order valence-corrected chi connectivity index (χ0v) is 14.5. The van der Waals surface area contributed by atoms with Crippen LogP contribution < -0.4 is 5.32 Å². The highest BCUT2D eigenvalue weighted by Crippen LogP contribution is 2.28. The van der Waals surface area contributed by atoms with Crippen LogP contribution in [0.1, 0.15) is 6.42 Å². The van der Waals surface area contributed by atoms with Gasteiger partial charge in [0.1, 0.15) is 5.82 Å². The number of anilines is 1. The normalized spacial score (nSPS) is 12.4. The Morgan fingerprint density at radius 3 is 2.83 bits per heavy atom. The Kier molecular flexibility index (Phi) is 5.48. The Bertz CT molecular complexity index is 756. The van der Waals surface area contributed by atoms with Gasteiger partial charge in [0.15, 0.2) is 5.82 Å². The molecule has 2 aromatic heterocycles. The van der Waals surface area contributed by atoms with E-state index in [1.165, 1.54) is 0 Å². The van der Waals surface area contributed by atoms with Crippen LogP contribution in [0.2, 0.25) is 0 Å². The molecule has 2 N–H and O–H groups in total. The molecule has 0 fully saturated rings. The summed E-state index contributed by atoms with van der Waals surface area (Å²) in [6, 6.07) is 12.3. The van der Waals surface area contributed by atoms with Crippen LogP contribution in [0.15, 0.2) is 41.8 Å². The highest BCUT2D eigenvalue weighted by Gasteiger charge is 2.14. The molecular weight excluding hydrogens is 326 g/mol. The van der Waals surface area contributed by atoms with Crippen molar-refractivity contribution >= 4 is 39.8 Å². The smallest absolute Gasteiger partial charge is 0.172 e. The average molecular weight is 345 g/mol. The Morgan fingerprint density at radius 2 is 2.09 bits per heavy atom. The van der Waals surface area contributed by atoms with Crippen molar-refractivity contribution in [2.24, 2.45) is 0 Å². The average Bonchev–Trinajstić information content (AvgIpc) is 3.10. The van der Waals surface area contributed by atoms with Gasteiger partial charge in [0.2, 0.25) is 0 Å². The second-order valence-corrected chi connectivity index (χ2v) is 7.06. The first-order chi connectivity index (χ1) is 11.3. The number of nitrogens with zero attached hydrogens (tertiary/aromatic N) is 2. The summed E-state index contributed by atoms with van der Waals surface area (Å²) in [6.07, 6.45) is 2.77. The van der Waals surface area contributed by atoms with Crippen molar-refractivity contribution in [3.05, 3.63) is 41.8 Å². The summed E-state index contributed by atoms with van der Waals surface area (Å²) in [6.45, 7) is 0.166. The molecule has 0 amide bonds. The molecule has 0 bridgehead atoms. The van der Waals surface area contributed by atoms with Crippen LogP contribution in [0, 0.1) is 0 Å². The van der Waals surface area contributed by atoms with Crippen molar-refractivity contribution in [3.8, 4) is 10.7 Å². The second-order valence-electron chi connectivity index (χ2n) is 5.20. The number of thioether (sulfide) groups is 1. The summed E-state index contributed by atoms with van der Waals surface area (Å²) in [4.78, 5) is 10.5. The Balaban J connectivity index is 2.03. The zero-order chi connectivity index (χ0) is 16.1. The molecule has 23 heavy (non-hydrogen) atoms. The molecular formula is C17H19N3OS2. The Labute approximate surface area is 144 Å². The third kappa shape index (κ3) is 3.83. The monoisotopic (exact) mass is 345 g/mol. The predicted molar refractivity (Wildman–Crippen MR) is 100 cm³/mol. The molecule has 4 nitrogen and oxygen atoms in total. The molecule has 0 aliphatic rings. The number of thiophene rings is 1. The van der Waals surface area contributed by atoms with Gasteiger partial charge in [-0.3, -0.25) is 0 Å². The van der Waals surface area contributed by atoms with Crippen LogP contribution in [0.5, 0.6) is 0 Å². The lowest BCUT2D eigenvalue weighted by Crippen LogP contribution is -2.24. The minimum atomic E-state index is 0.166. The van der Waals surface area contributed by atoms with E-state index in [2.05, 4.69) is 16.6 Å². The van der Waals surface area contributed by atoms with E-state index in [0.717, 1.165) is 33.2 Å². The first-order valence-corrected chi connectivity index (χ1v) is 9.76. The van der Waals surface area contributed by atoms with Gasteiger partial charge < -0.3 is 10.4 Å². The van der Waals surface area contributed by atoms with Gasteiger partial charge in [-0.1, -0.05) is 18.2 Å². The van der Waals surface area contributed by atoms with Gasteiger partial charge in [0.05, 0.1) is 10.4 Å². The molecule has 0 aliphatic heterocycles. The molecule has 0 aliphatic carbocycles. The number of aliphatic hydroxyl groups is 1. The molecule has 2 heterocycles. The van der Waals surface area contributed by atoms with E-state index in [1.54, 1.807) is 23.1 Å². The van der Waals surface area contributed by atoms with Crippen LogP contribution in [0.25, 0.3) is 21.6 Å². The standard InChI is InChI=1S/C17H19N3OS2/c1-22-11-12(8-9-21)18-16-13-5-2-3-6-14(13)19-17(20-16)15-7-4-10-23-15/h2-7,10,12,21H,8-9,11H2,1H3,(H,18,19,20). The fourth-order valence-electron chi connectivity index (χ4n) is 2.45. The van der Waals surface area contributed by atoms with Crippen LogP contribution in [0.3, 0.4) is 0 Å². The van der Waals surface area contributed by atoms with Crippen molar-refractivity contribution in [1.82, 2.24) is 9.97 Å². The Hall–Kier alpha value is -1.63. The molecule has 3 aromatic rings. The minimum Gasteiger partial charge on any atom is -0.396 e. The highest BCUT2D eigenvalue weighted by atomic mass is 32.2. The molecule has 0 saturated carbocycles. The Morgan fingerprint density at radius 1 is 1.22 bits per heavy atom. The first kappa shape index (κ1) is 16.2. The fourth-order valence-corrected chi connectivity index (χ4v) is 3.76. The number of hydrogen-bond acceptors (Lipinski definition) is 6. The molecule has 1 aromatic carbocycles. The lowest BCUT2D eigenvalue weighted by Gasteiger charge is -2.19. The van der Waals surface area contributed by atoms with Crippen LogP contribution in [-0.4, -0.2) is 39.7 Å². The third-order valence-corrected chi connectivity index (χ3v) is 5.13. The second kappa shape index (κ2) is 7.77. The number of hydrogen-bond donors (Lipinski definition) is 2. The van der Waals surface area contributed by atoms with Crippen LogP contribution in [-0.2, 0) is 0 Å². The molecule has 1 unspecified atom stereocenters. The van der Waals surface area contributed by atoms with Gasteiger partial charge in [-0.15, -0.1) is 11.3 Å². The first-order valence-electron chi connectivity index (χ1n) is 7.49. The number of rotatable bonds is 7. The van der Waals surface area contributed by atoms with E-state index in [1.807, 2.05) is 41.8 Å². The number of fused-ring (bicyclic) bond motifs is 1. The van der Waals surface area contributed by atoms with Gasteiger partial charge >= 0.3 is 0 Å². The topological polar surface area (TPSA) is 58.0 Å². The largest absolute Gasteiger partial charge is 0.396 e. The SMILES string of the molecule is CSCC(CCO)Nc1nc(-c2cccs2)nc2ccccc12. The van der Waals surface area contributed by atoms with Gasteiger partial charge in [-0.2, -0.15) is 11.8 Å². The molecule has 0 saturated heterocycles. The molecule has 0 radical (unpaired) electrons. The summed E-state index contributed by atoms with van der Waals surface area (Å²) >= 11 is 3.40. The molecule has 6 heteroatoms. The summed E-state index contributed by atoms with van der Waals surface area (Å²) < 4.78 is 0. The van der Waals surface area contributed by atoms with Crippen molar-refractivity contribution < 1.29 is 5.11 Å². The maximum Gasteiger partial charge on any atom is 0.172 e. The third-order valence-electron chi connectivity index (χ3n) is 3.53. The van der Waals surface area contributed by atoms with Gasteiger partial charge in [0.25, 0.3) is 0 Å². The predicted octanol–water partition coefficient (Wildman–Crippen LogP) is 3.88. The molecule has 1 atom stereocenters. The number of aromatic nitrogens is 2. The van der Waals surface area contributed by atoms with E-state index >= 15 is 0 Å². The number of benzene rings is 1. The van der Waals surface area contributed by atoms with Crippen LogP contribution in [0.4, 0.5) is 5.82 Å². The van der Waals surface area contributed by atoms with E-state index in [0.29, 0.717) is 6.42 Å². The minimum absolute atomic E-state index is 0.166. The summed E-state index contributed by atoms with van der Waals surface area (Å²) in [5.41, 5.74) is 0.931. The summed E-state index contributed by atoms with van der Waals surface area (Å²) in [5.74, 6) is 2.51. The lowest BCUT2D eigenvalue weighted by molar-refractivity contribution is 0.282. The van der Waals surface area contributed by atoms with Crippen molar-refractivity contribution in [3.63, 3.8) is 0 Å². The maximum atomic E-state index is 9.28. The number of aliphatic hydroxyl groups excluding tert-OH is 1. The number of para-hydroxylation sites is 1. The summed E-state index contributed by atoms with van der Waals surface area (Å²) in [5, 5.41) is 15.8. The molecule has 120 valence electrons. The number of nitrogens with one attached hydrogen (secondary N) is 1. The van der Waals surface area contributed by atoms with Gasteiger partial charge in [0, 0.05) is 23.8 Å². The maximum absolute atomic E-state index is 9.28. The quantitative estimate of drug-likeness (QED) is 0.680. The van der Waals surface area contributed by atoms with E-state index in [4.69, 9.17) is 4.98 Å². The molecule has 3 rings (SSSR count). The zero-order valence-electron chi connectivity index (χ0n) is 12.9. The molecule has 0 spiro atoms. The fraction of sp³-hybridized carbons (Fsp3) is 0.294. The highest BCUT2D eigenvalue weighted by molar-refractivity contribution is 7.98. The van der Waals surface area contributed by atoms with Gasteiger partial charge in [-0.05, 0) is 36.3 Å². The van der Waals surface area contributed by atoms with E-state index < -0.39 is 0 Å². The lowest BCUT2D eigenvalue weighted by atomic mass is 10.2. The van der Waals surface area contributed by atoms with Crippen molar-refractivity contribution in [2.75, 3.05) is 23.9 Å². The van der Waals surface area contributed by atoms with E-state index in [-0.39, 0.29) is 12.6 Å². The van der Waals surface area contributed by atoms with Gasteiger partial charge in [-0.25, -0.2) is 9.97 Å². The van der Waals surface area contributed by atoms with Crippen molar-refractivity contribution in [2.45, 2.75) is 12.5 Å².